The van der Waals surface area contributed by atoms with E-state index in [2.05, 4.69) is 42.3 Å². The summed E-state index contributed by atoms with van der Waals surface area (Å²) in [5.41, 5.74) is 9.74. The van der Waals surface area contributed by atoms with Crippen molar-refractivity contribution < 1.29 is 9.84 Å². The van der Waals surface area contributed by atoms with Crippen molar-refractivity contribution in [3.63, 3.8) is 0 Å². The predicted molar refractivity (Wildman–Crippen MR) is 125 cm³/mol. The van der Waals surface area contributed by atoms with Crippen LogP contribution in [0.5, 0.6) is 0 Å². The van der Waals surface area contributed by atoms with Crippen LogP contribution in [-0.4, -0.2) is 29.9 Å². The molecule has 3 aliphatic rings. The predicted octanol–water partition coefficient (Wildman–Crippen LogP) is 5.61. The summed E-state index contributed by atoms with van der Waals surface area (Å²) in [4.78, 5) is 4.27. The van der Waals surface area contributed by atoms with E-state index in [1.165, 1.54) is 16.7 Å². The van der Waals surface area contributed by atoms with Crippen molar-refractivity contribution in [2.45, 2.75) is 70.3 Å². The fourth-order valence-corrected chi connectivity index (χ4v) is 6.60. The van der Waals surface area contributed by atoms with Gasteiger partial charge in [0.2, 0.25) is 0 Å². The highest BCUT2D eigenvalue weighted by Gasteiger charge is 2.51. The monoisotopic (exact) mass is 418 g/mol. The van der Waals surface area contributed by atoms with Crippen molar-refractivity contribution in [2.24, 2.45) is 5.41 Å². The average Bonchev–Trinajstić information content (AvgIpc) is 3.07. The summed E-state index contributed by atoms with van der Waals surface area (Å²) in [5.74, 6) is 0. The Kier molecular flexibility index (Phi) is 5.18. The van der Waals surface area contributed by atoms with Gasteiger partial charge in [0.15, 0.2) is 0 Å². The molecule has 1 aromatic heterocycles. The van der Waals surface area contributed by atoms with Gasteiger partial charge in [-0.1, -0.05) is 24.1 Å². The lowest BCUT2D eigenvalue weighted by Gasteiger charge is -2.50. The molecule has 0 aliphatic heterocycles. The molecule has 164 valence electrons. The minimum Gasteiger partial charge on any atom is -0.393 e. The van der Waals surface area contributed by atoms with Crippen LogP contribution in [-0.2, 0) is 16.6 Å². The summed E-state index contributed by atoms with van der Waals surface area (Å²) in [6.45, 7) is 5.25. The van der Waals surface area contributed by atoms with E-state index in [0.717, 1.165) is 62.9 Å². The number of anilines is 2. The summed E-state index contributed by atoms with van der Waals surface area (Å²) in [7, 11) is 1.81. The Morgan fingerprint density at radius 3 is 2.87 bits per heavy atom. The molecule has 1 heterocycles. The second-order valence-corrected chi connectivity index (χ2v) is 10.1. The molecule has 5 rings (SSSR count). The summed E-state index contributed by atoms with van der Waals surface area (Å²) in [6.07, 6.45) is 10.8. The summed E-state index contributed by atoms with van der Waals surface area (Å²) < 4.78 is 5.59. The van der Waals surface area contributed by atoms with Gasteiger partial charge < -0.3 is 15.2 Å². The Hall–Kier alpha value is -2.17. The molecule has 1 saturated carbocycles. The van der Waals surface area contributed by atoms with E-state index in [1.54, 1.807) is 11.1 Å². The number of methoxy groups -OCH3 is 1. The first-order valence-electron chi connectivity index (χ1n) is 11.7. The number of rotatable bonds is 5. The highest BCUT2D eigenvalue weighted by molar-refractivity contribution is 5.65. The first-order valence-corrected chi connectivity index (χ1v) is 11.7. The Morgan fingerprint density at radius 1 is 1.19 bits per heavy atom. The molecule has 0 bridgehead atoms. The van der Waals surface area contributed by atoms with Crippen LogP contribution in [0.4, 0.5) is 11.4 Å². The van der Waals surface area contributed by atoms with Gasteiger partial charge in [-0.3, -0.25) is 4.98 Å². The van der Waals surface area contributed by atoms with Gasteiger partial charge in [0, 0.05) is 31.0 Å². The molecule has 0 radical (unpaired) electrons. The van der Waals surface area contributed by atoms with E-state index >= 15 is 0 Å². The Bertz CT molecular complexity index is 1030. The van der Waals surface area contributed by atoms with Crippen LogP contribution in [0, 0.1) is 12.3 Å². The zero-order chi connectivity index (χ0) is 21.6. The normalized spacial score (nSPS) is 29.4. The molecule has 2 aromatic rings. The maximum atomic E-state index is 10.5. The summed E-state index contributed by atoms with van der Waals surface area (Å²) in [6, 6.07) is 8.96. The van der Waals surface area contributed by atoms with E-state index < -0.39 is 0 Å². The number of aliphatic hydroxyl groups is 1. The van der Waals surface area contributed by atoms with Gasteiger partial charge in [0.05, 0.1) is 18.0 Å². The summed E-state index contributed by atoms with van der Waals surface area (Å²) >= 11 is 0. The van der Waals surface area contributed by atoms with Crippen LogP contribution >= 0.6 is 0 Å². The standard InChI is InChI=1S/C27H34N2O2/c1-18-8-12-28-17-25(18)29-20-5-7-22-19(14-20)4-6-23-24-15-21(30)16-26(24,2)9-10-27(22,23)11-13-31-3/h5,7-8,12,14,17,21,29-30H,4,6,9-11,13,15-16H2,1-3H3/t21-,26-,27+/m0/s1. The second-order valence-electron chi connectivity index (χ2n) is 10.1. The van der Waals surface area contributed by atoms with Gasteiger partial charge in [0.1, 0.15) is 0 Å². The molecule has 3 aliphatic carbocycles. The largest absolute Gasteiger partial charge is 0.393 e. The van der Waals surface area contributed by atoms with E-state index in [1.807, 2.05) is 25.6 Å². The van der Waals surface area contributed by atoms with Gasteiger partial charge >= 0.3 is 0 Å². The maximum Gasteiger partial charge on any atom is 0.0600 e. The minimum absolute atomic E-state index is 0.0608. The molecule has 31 heavy (non-hydrogen) atoms. The lowest BCUT2D eigenvalue weighted by atomic mass is 9.54. The highest BCUT2D eigenvalue weighted by atomic mass is 16.5. The number of nitrogens with one attached hydrogen (secondary N) is 1. The lowest BCUT2D eigenvalue weighted by Crippen LogP contribution is -2.41. The molecule has 1 aromatic carbocycles. The molecular weight excluding hydrogens is 384 g/mol. The molecular formula is C27H34N2O2. The number of allylic oxidation sites excluding steroid dienone is 1. The van der Waals surface area contributed by atoms with Crippen molar-refractivity contribution in [1.29, 1.82) is 0 Å². The average molecular weight is 419 g/mol. The fraction of sp³-hybridized carbons (Fsp3) is 0.519. The number of fused-ring (bicyclic) bond motifs is 4. The van der Waals surface area contributed by atoms with Gasteiger partial charge in [0.25, 0.3) is 0 Å². The number of aliphatic hydroxyl groups excluding tert-OH is 1. The lowest BCUT2D eigenvalue weighted by molar-refractivity contribution is 0.142. The first kappa shape index (κ1) is 20.7. The number of benzene rings is 1. The number of nitrogens with zero attached hydrogens (tertiary/aromatic N) is 1. The second kappa shape index (κ2) is 7.75. The minimum atomic E-state index is -0.179. The molecule has 0 amide bonds. The molecule has 1 fully saturated rings. The number of pyridine rings is 1. The first-order chi connectivity index (χ1) is 14.9. The molecule has 0 saturated heterocycles. The van der Waals surface area contributed by atoms with Gasteiger partial charge in [-0.05, 0) is 92.2 Å². The van der Waals surface area contributed by atoms with E-state index in [9.17, 15) is 5.11 Å². The quantitative estimate of drug-likeness (QED) is 0.620. The van der Waals surface area contributed by atoms with Crippen LogP contribution in [0.25, 0.3) is 0 Å². The molecule has 0 spiro atoms. The number of hydrogen-bond acceptors (Lipinski definition) is 4. The van der Waals surface area contributed by atoms with Crippen LogP contribution < -0.4 is 5.32 Å². The molecule has 2 N–H and O–H groups in total. The third-order valence-corrected chi connectivity index (χ3v) is 8.22. The Labute approximate surface area is 185 Å². The van der Waals surface area contributed by atoms with Crippen molar-refractivity contribution >= 4 is 11.4 Å². The van der Waals surface area contributed by atoms with Crippen LogP contribution in [0.3, 0.4) is 0 Å². The number of aromatic nitrogens is 1. The smallest absolute Gasteiger partial charge is 0.0600 e. The Balaban J connectivity index is 1.56. The van der Waals surface area contributed by atoms with E-state index in [-0.39, 0.29) is 16.9 Å². The third kappa shape index (κ3) is 3.41. The molecule has 4 heteroatoms. The molecule has 3 atom stereocenters. The van der Waals surface area contributed by atoms with Gasteiger partial charge in [-0.25, -0.2) is 0 Å². The van der Waals surface area contributed by atoms with Crippen molar-refractivity contribution in [2.75, 3.05) is 19.0 Å². The van der Waals surface area contributed by atoms with Crippen molar-refractivity contribution in [3.8, 4) is 0 Å². The third-order valence-electron chi connectivity index (χ3n) is 8.22. The van der Waals surface area contributed by atoms with Gasteiger partial charge in [-0.15, -0.1) is 0 Å². The Morgan fingerprint density at radius 2 is 2.06 bits per heavy atom. The van der Waals surface area contributed by atoms with E-state index in [4.69, 9.17) is 4.74 Å². The van der Waals surface area contributed by atoms with Gasteiger partial charge in [-0.2, -0.15) is 0 Å². The van der Waals surface area contributed by atoms with E-state index in [0.29, 0.717) is 0 Å². The van der Waals surface area contributed by atoms with Crippen LogP contribution in [0.15, 0.2) is 47.8 Å². The highest BCUT2D eigenvalue weighted by Crippen LogP contribution is 2.61. The fourth-order valence-electron chi connectivity index (χ4n) is 6.60. The zero-order valence-electron chi connectivity index (χ0n) is 19.0. The maximum absolute atomic E-state index is 10.5. The summed E-state index contributed by atoms with van der Waals surface area (Å²) in [5, 5.41) is 14.1. The number of hydrogen-bond donors (Lipinski definition) is 2. The van der Waals surface area contributed by atoms with Crippen LogP contribution in [0.1, 0.15) is 62.1 Å². The number of ether oxygens (including phenoxy) is 1. The number of aryl methyl sites for hydroxylation is 2. The zero-order valence-corrected chi connectivity index (χ0v) is 19.0. The SMILES string of the molecule is COCC[C@@]12CC[C@@]3(C)C[C@@H](O)CC3=C1CCc1cc(Nc3cnccc3C)ccc12. The van der Waals surface area contributed by atoms with Crippen LogP contribution in [0.2, 0.25) is 0 Å². The molecule has 4 nitrogen and oxygen atoms in total. The van der Waals surface area contributed by atoms with Crippen molar-refractivity contribution in [1.82, 2.24) is 4.98 Å². The topological polar surface area (TPSA) is 54.4 Å². The van der Waals surface area contributed by atoms with Crippen molar-refractivity contribution in [3.05, 3.63) is 64.5 Å². The molecule has 0 unspecified atom stereocenters.